The van der Waals surface area contributed by atoms with Crippen molar-refractivity contribution in [2.75, 3.05) is 14.2 Å². The van der Waals surface area contributed by atoms with E-state index in [4.69, 9.17) is 19.0 Å². The van der Waals surface area contributed by atoms with Gasteiger partial charge in [0.05, 0.1) is 26.2 Å². The molecule has 8 nitrogen and oxygen atoms in total. The number of hydrogen-bond acceptors (Lipinski definition) is 6. The average Bonchev–Trinajstić information content (AvgIpc) is 3.36. The van der Waals surface area contributed by atoms with Gasteiger partial charge >= 0.3 is 5.97 Å². The highest BCUT2D eigenvalue weighted by Gasteiger charge is 2.34. The molecule has 1 aliphatic rings. The summed E-state index contributed by atoms with van der Waals surface area (Å²) in [6.07, 6.45) is 2.34. The number of aliphatic carboxylic acids is 1. The van der Waals surface area contributed by atoms with E-state index in [1.54, 1.807) is 38.7 Å². The smallest absolute Gasteiger partial charge is 0.303 e. The molecule has 1 atom stereocenters. The topological polar surface area (TPSA) is 102 Å². The Morgan fingerprint density at radius 2 is 2.00 bits per heavy atom. The molecule has 2 aromatic rings. The zero-order chi connectivity index (χ0) is 20.1. The maximum Gasteiger partial charge on any atom is 0.303 e. The predicted molar refractivity (Wildman–Crippen MR) is 100 cm³/mol. The monoisotopic (exact) mass is 386 g/mol. The molecular weight excluding hydrogens is 364 g/mol. The van der Waals surface area contributed by atoms with Gasteiger partial charge in [-0.25, -0.2) is 5.01 Å². The van der Waals surface area contributed by atoms with Crippen LogP contribution in [0.15, 0.2) is 46.1 Å². The van der Waals surface area contributed by atoms with Crippen molar-refractivity contribution in [3.63, 3.8) is 0 Å². The first-order valence-corrected chi connectivity index (χ1v) is 8.90. The average molecular weight is 386 g/mol. The molecule has 28 heavy (non-hydrogen) atoms. The molecule has 0 saturated heterocycles. The number of hydrogen-bond donors (Lipinski definition) is 1. The lowest BCUT2D eigenvalue weighted by molar-refractivity contribution is -0.137. The molecule has 1 aromatic carbocycles. The van der Waals surface area contributed by atoms with Crippen molar-refractivity contribution in [2.45, 2.75) is 31.7 Å². The van der Waals surface area contributed by atoms with Crippen molar-refractivity contribution in [1.82, 2.24) is 5.01 Å². The van der Waals surface area contributed by atoms with Gasteiger partial charge in [-0.2, -0.15) is 5.10 Å². The van der Waals surface area contributed by atoms with E-state index in [0.29, 0.717) is 29.4 Å². The Morgan fingerprint density at radius 1 is 1.21 bits per heavy atom. The SMILES string of the molecule is COc1ccc(C2=NN(C(=O)CCCC(=O)O)[C@H](c3ccco3)C2)cc1OC. The number of carbonyl (C=O) groups excluding carboxylic acids is 1. The van der Waals surface area contributed by atoms with Crippen LogP contribution in [0.25, 0.3) is 0 Å². The standard InChI is InChI=1S/C20H22N2O6/c1-26-17-9-8-13(11-18(17)27-2)14-12-15(16-5-4-10-28-16)22(21-14)19(23)6-3-7-20(24)25/h4-5,8-11,15H,3,6-7,12H2,1-2H3,(H,24,25)/t15-/m0/s1. The van der Waals surface area contributed by atoms with E-state index in [1.807, 2.05) is 12.1 Å². The molecule has 0 aliphatic carbocycles. The Balaban J connectivity index is 1.86. The molecule has 0 saturated carbocycles. The molecule has 148 valence electrons. The van der Waals surface area contributed by atoms with Gasteiger partial charge < -0.3 is 19.0 Å². The number of benzene rings is 1. The first kappa shape index (κ1) is 19.5. The van der Waals surface area contributed by atoms with Crippen LogP contribution in [0, 0.1) is 0 Å². The summed E-state index contributed by atoms with van der Waals surface area (Å²) in [7, 11) is 3.12. The molecule has 8 heteroatoms. The number of nitrogens with zero attached hydrogens (tertiary/aromatic N) is 2. The summed E-state index contributed by atoms with van der Waals surface area (Å²) in [5.74, 6) is 0.646. The summed E-state index contributed by atoms with van der Waals surface area (Å²) in [6, 6.07) is 8.66. The van der Waals surface area contributed by atoms with Crippen molar-refractivity contribution in [3.05, 3.63) is 47.9 Å². The van der Waals surface area contributed by atoms with Gasteiger partial charge in [-0.1, -0.05) is 0 Å². The zero-order valence-corrected chi connectivity index (χ0v) is 15.8. The van der Waals surface area contributed by atoms with E-state index in [1.165, 1.54) is 5.01 Å². The van der Waals surface area contributed by atoms with Crippen molar-refractivity contribution in [2.24, 2.45) is 5.10 Å². The molecule has 0 bridgehead atoms. The normalized spacial score (nSPS) is 16.0. The lowest BCUT2D eigenvalue weighted by Gasteiger charge is -2.19. The van der Waals surface area contributed by atoms with E-state index in [0.717, 1.165) is 5.56 Å². The van der Waals surface area contributed by atoms with Crippen LogP contribution in [0.3, 0.4) is 0 Å². The van der Waals surface area contributed by atoms with Crippen LogP contribution < -0.4 is 9.47 Å². The predicted octanol–water partition coefficient (Wildman–Crippen LogP) is 3.23. The Bertz CT molecular complexity index is 875. The molecule has 1 N–H and O–H groups in total. The third-order valence-corrected chi connectivity index (χ3v) is 4.54. The van der Waals surface area contributed by atoms with Crippen molar-refractivity contribution < 1.29 is 28.6 Å². The molecule has 1 aliphatic heterocycles. The summed E-state index contributed by atoms with van der Waals surface area (Å²) >= 11 is 0. The number of hydrazone groups is 1. The summed E-state index contributed by atoms with van der Waals surface area (Å²) < 4.78 is 16.1. The van der Waals surface area contributed by atoms with Crippen LogP contribution in [0.5, 0.6) is 11.5 Å². The van der Waals surface area contributed by atoms with Gasteiger partial charge in [0.2, 0.25) is 5.91 Å². The number of rotatable bonds is 8. The highest BCUT2D eigenvalue weighted by atomic mass is 16.5. The Labute approximate surface area is 162 Å². The summed E-state index contributed by atoms with van der Waals surface area (Å²) in [4.78, 5) is 23.4. The summed E-state index contributed by atoms with van der Waals surface area (Å²) in [5.41, 5.74) is 1.53. The number of carboxylic acid groups (broad SMARTS) is 1. The van der Waals surface area contributed by atoms with Gasteiger partial charge in [-0.15, -0.1) is 0 Å². The Hall–Kier alpha value is -3.29. The molecule has 1 amide bonds. The highest BCUT2D eigenvalue weighted by Crippen LogP contribution is 2.35. The minimum Gasteiger partial charge on any atom is -0.493 e. The first-order chi connectivity index (χ1) is 13.5. The van der Waals surface area contributed by atoms with E-state index < -0.39 is 5.97 Å². The number of methoxy groups -OCH3 is 2. The maximum absolute atomic E-state index is 12.7. The number of carboxylic acids is 1. The van der Waals surface area contributed by atoms with Crippen LogP contribution in [-0.4, -0.2) is 41.9 Å². The largest absolute Gasteiger partial charge is 0.493 e. The fraction of sp³-hybridized carbons (Fsp3) is 0.350. The molecule has 0 fully saturated rings. The van der Waals surface area contributed by atoms with E-state index in [9.17, 15) is 9.59 Å². The lowest BCUT2D eigenvalue weighted by atomic mass is 10.0. The molecule has 0 radical (unpaired) electrons. The van der Waals surface area contributed by atoms with Gasteiger partial charge in [0.1, 0.15) is 11.8 Å². The zero-order valence-electron chi connectivity index (χ0n) is 15.8. The molecular formula is C20H22N2O6. The number of carbonyl (C=O) groups is 2. The van der Waals surface area contributed by atoms with Crippen LogP contribution in [-0.2, 0) is 9.59 Å². The molecule has 1 aromatic heterocycles. The van der Waals surface area contributed by atoms with E-state index >= 15 is 0 Å². The van der Waals surface area contributed by atoms with Crippen LogP contribution in [0.2, 0.25) is 0 Å². The van der Waals surface area contributed by atoms with Gasteiger partial charge in [-0.3, -0.25) is 9.59 Å². The van der Waals surface area contributed by atoms with Gasteiger partial charge in [0.15, 0.2) is 11.5 Å². The van der Waals surface area contributed by atoms with Crippen molar-refractivity contribution in [3.8, 4) is 11.5 Å². The van der Waals surface area contributed by atoms with Crippen LogP contribution >= 0.6 is 0 Å². The Morgan fingerprint density at radius 3 is 2.64 bits per heavy atom. The maximum atomic E-state index is 12.7. The lowest BCUT2D eigenvalue weighted by Crippen LogP contribution is -2.26. The minimum atomic E-state index is -0.925. The third-order valence-electron chi connectivity index (χ3n) is 4.54. The van der Waals surface area contributed by atoms with Crippen LogP contribution in [0.4, 0.5) is 0 Å². The van der Waals surface area contributed by atoms with Gasteiger partial charge in [0.25, 0.3) is 0 Å². The Kier molecular flexibility index (Phi) is 5.98. The van der Waals surface area contributed by atoms with Gasteiger partial charge in [-0.05, 0) is 36.8 Å². The van der Waals surface area contributed by atoms with Gasteiger partial charge in [0, 0.05) is 24.8 Å². The minimum absolute atomic E-state index is 0.0583. The molecule has 0 spiro atoms. The fourth-order valence-electron chi connectivity index (χ4n) is 3.14. The fourth-order valence-corrected chi connectivity index (χ4v) is 3.14. The van der Waals surface area contributed by atoms with Crippen LogP contribution in [0.1, 0.15) is 43.0 Å². The van der Waals surface area contributed by atoms with Crippen molar-refractivity contribution in [1.29, 1.82) is 0 Å². The summed E-state index contributed by atoms with van der Waals surface area (Å²) in [5, 5.41) is 14.7. The second kappa shape index (κ2) is 8.60. The quantitative estimate of drug-likeness (QED) is 0.747. The first-order valence-electron chi connectivity index (χ1n) is 8.90. The second-order valence-electron chi connectivity index (χ2n) is 6.34. The third kappa shape index (κ3) is 4.16. The van der Waals surface area contributed by atoms with E-state index in [2.05, 4.69) is 5.10 Å². The highest BCUT2D eigenvalue weighted by molar-refractivity contribution is 6.03. The number of ether oxygens (including phenoxy) is 2. The van der Waals surface area contributed by atoms with Crippen molar-refractivity contribution >= 4 is 17.6 Å². The summed E-state index contributed by atoms with van der Waals surface area (Å²) in [6.45, 7) is 0. The number of amides is 1. The molecule has 0 unspecified atom stereocenters. The molecule has 3 rings (SSSR count). The number of furan rings is 1. The molecule has 2 heterocycles. The van der Waals surface area contributed by atoms with E-state index in [-0.39, 0.29) is 31.2 Å². The second-order valence-corrected chi connectivity index (χ2v) is 6.34.